The topological polar surface area (TPSA) is 81.2 Å². The normalized spacial score (nSPS) is 10.2. The van der Waals surface area contributed by atoms with Crippen LogP contribution in [0.15, 0.2) is 40.9 Å². The minimum absolute atomic E-state index is 0.0866. The molecule has 0 fully saturated rings. The van der Waals surface area contributed by atoms with E-state index < -0.39 is 4.92 Å². The van der Waals surface area contributed by atoms with Gasteiger partial charge in [-0.15, -0.1) is 0 Å². The van der Waals surface area contributed by atoms with Gasteiger partial charge in [0.15, 0.2) is 0 Å². The monoisotopic (exact) mass is 321 g/mol. The fraction of sp³-hybridized carbons (Fsp3) is 0.0769. The number of nitrogens with two attached hydrogens (primary N) is 1. The molecule has 98 valence electrons. The van der Waals surface area contributed by atoms with Crippen LogP contribution in [0.5, 0.6) is 0 Å². The van der Waals surface area contributed by atoms with Crippen molar-refractivity contribution in [1.29, 1.82) is 0 Å². The van der Waals surface area contributed by atoms with Gasteiger partial charge in [-0.2, -0.15) is 0 Å². The summed E-state index contributed by atoms with van der Waals surface area (Å²) in [5.41, 5.74) is 8.39. The van der Waals surface area contributed by atoms with Crippen molar-refractivity contribution < 1.29 is 4.92 Å². The summed E-state index contributed by atoms with van der Waals surface area (Å²) in [6.45, 7) is 1.97. The lowest BCUT2D eigenvalue weighted by atomic mass is 10.2. The molecule has 0 saturated carbocycles. The standard InChI is InChI=1S/C13H12BrN3O2/c1-8-10(14)3-2-4-12(8)16-9-5-6-13(17(18)19)11(15)7-9/h2-7,16H,15H2,1H3. The average Bonchev–Trinajstić information content (AvgIpc) is 2.34. The van der Waals surface area contributed by atoms with Crippen LogP contribution in [0.1, 0.15) is 5.56 Å². The van der Waals surface area contributed by atoms with Gasteiger partial charge in [0.1, 0.15) is 5.69 Å². The molecule has 0 saturated heterocycles. The molecule has 0 atom stereocenters. The number of anilines is 3. The van der Waals surface area contributed by atoms with Crippen molar-refractivity contribution in [3.8, 4) is 0 Å². The van der Waals surface area contributed by atoms with E-state index in [0.29, 0.717) is 5.69 Å². The van der Waals surface area contributed by atoms with Crippen LogP contribution in [0.25, 0.3) is 0 Å². The molecular formula is C13H12BrN3O2. The second-order valence-corrected chi connectivity index (χ2v) is 4.92. The first-order chi connectivity index (χ1) is 8.99. The Bertz CT molecular complexity index is 644. The zero-order chi connectivity index (χ0) is 14.0. The van der Waals surface area contributed by atoms with Gasteiger partial charge in [-0.05, 0) is 36.8 Å². The second kappa shape index (κ2) is 5.27. The summed E-state index contributed by atoms with van der Waals surface area (Å²) in [6.07, 6.45) is 0. The number of nitro groups is 1. The van der Waals surface area contributed by atoms with Crippen LogP contribution in [0.3, 0.4) is 0 Å². The Labute approximate surface area is 118 Å². The molecule has 0 aliphatic heterocycles. The van der Waals surface area contributed by atoms with E-state index in [9.17, 15) is 10.1 Å². The van der Waals surface area contributed by atoms with Crippen LogP contribution < -0.4 is 11.1 Å². The summed E-state index contributed by atoms with van der Waals surface area (Å²) < 4.78 is 0.993. The van der Waals surface area contributed by atoms with Gasteiger partial charge in [0.25, 0.3) is 5.69 Å². The quantitative estimate of drug-likeness (QED) is 0.508. The highest BCUT2D eigenvalue weighted by molar-refractivity contribution is 9.10. The maximum Gasteiger partial charge on any atom is 0.292 e. The molecule has 6 heteroatoms. The fourth-order valence-corrected chi connectivity index (χ4v) is 2.06. The van der Waals surface area contributed by atoms with E-state index in [-0.39, 0.29) is 11.4 Å². The number of nitrogen functional groups attached to an aromatic ring is 1. The van der Waals surface area contributed by atoms with Gasteiger partial charge in [-0.25, -0.2) is 0 Å². The van der Waals surface area contributed by atoms with Gasteiger partial charge in [-0.3, -0.25) is 10.1 Å². The van der Waals surface area contributed by atoms with Crippen LogP contribution in [0, 0.1) is 17.0 Å². The van der Waals surface area contributed by atoms with Crippen LogP contribution in [0.2, 0.25) is 0 Å². The number of nitrogens with one attached hydrogen (secondary N) is 1. The molecule has 0 aliphatic carbocycles. The van der Waals surface area contributed by atoms with Gasteiger partial charge >= 0.3 is 0 Å². The van der Waals surface area contributed by atoms with Gasteiger partial charge in [0, 0.05) is 21.9 Å². The van der Waals surface area contributed by atoms with E-state index >= 15 is 0 Å². The van der Waals surface area contributed by atoms with Crippen LogP contribution >= 0.6 is 15.9 Å². The lowest BCUT2D eigenvalue weighted by Crippen LogP contribution is -1.98. The molecule has 0 amide bonds. The second-order valence-electron chi connectivity index (χ2n) is 4.07. The minimum Gasteiger partial charge on any atom is -0.393 e. The maximum absolute atomic E-state index is 10.7. The van der Waals surface area contributed by atoms with Gasteiger partial charge < -0.3 is 11.1 Å². The van der Waals surface area contributed by atoms with Crippen LogP contribution in [-0.4, -0.2) is 4.92 Å². The lowest BCUT2D eigenvalue weighted by molar-refractivity contribution is -0.383. The van der Waals surface area contributed by atoms with E-state index in [1.54, 1.807) is 12.1 Å². The third-order valence-corrected chi connectivity index (χ3v) is 3.63. The largest absolute Gasteiger partial charge is 0.393 e. The molecule has 0 heterocycles. The number of halogens is 1. The third-order valence-electron chi connectivity index (χ3n) is 2.77. The lowest BCUT2D eigenvalue weighted by Gasteiger charge is -2.11. The van der Waals surface area contributed by atoms with Crippen molar-refractivity contribution in [2.24, 2.45) is 0 Å². The van der Waals surface area contributed by atoms with E-state index in [1.807, 2.05) is 25.1 Å². The molecule has 3 N–H and O–H groups in total. The van der Waals surface area contributed by atoms with E-state index in [0.717, 1.165) is 15.7 Å². The highest BCUT2D eigenvalue weighted by atomic mass is 79.9. The number of hydrogen-bond acceptors (Lipinski definition) is 4. The average molecular weight is 322 g/mol. The zero-order valence-electron chi connectivity index (χ0n) is 10.2. The summed E-state index contributed by atoms with van der Waals surface area (Å²) in [4.78, 5) is 10.2. The molecule has 2 aromatic carbocycles. The molecule has 2 rings (SSSR count). The van der Waals surface area contributed by atoms with Crippen molar-refractivity contribution in [1.82, 2.24) is 0 Å². The number of benzene rings is 2. The van der Waals surface area contributed by atoms with Crippen LogP contribution in [0.4, 0.5) is 22.7 Å². The third kappa shape index (κ3) is 2.85. The Kier molecular flexibility index (Phi) is 3.71. The molecule has 0 radical (unpaired) electrons. The van der Waals surface area contributed by atoms with Crippen molar-refractivity contribution >= 4 is 38.7 Å². The Morgan fingerprint density at radius 2 is 2.05 bits per heavy atom. The van der Waals surface area contributed by atoms with Crippen LogP contribution in [-0.2, 0) is 0 Å². The molecule has 0 aromatic heterocycles. The summed E-state index contributed by atoms with van der Waals surface area (Å²) >= 11 is 3.45. The predicted octanol–water partition coefficient (Wildman–Crippen LogP) is 3.99. The van der Waals surface area contributed by atoms with E-state index in [4.69, 9.17) is 5.73 Å². The molecule has 19 heavy (non-hydrogen) atoms. The van der Waals surface area contributed by atoms with Gasteiger partial charge in [-0.1, -0.05) is 22.0 Å². The number of nitro benzene ring substituents is 1. The number of rotatable bonds is 3. The summed E-state index contributed by atoms with van der Waals surface area (Å²) in [5.74, 6) is 0. The Morgan fingerprint density at radius 3 is 2.68 bits per heavy atom. The highest BCUT2D eigenvalue weighted by Gasteiger charge is 2.11. The first-order valence-electron chi connectivity index (χ1n) is 5.55. The smallest absolute Gasteiger partial charge is 0.292 e. The maximum atomic E-state index is 10.7. The van der Waals surface area contributed by atoms with Crippen molar-refractivity contribution in [3.63, 3.8) is 0 Å². The highest BCUT2D eigenvalue weighted by Crippen LogP contribution is 2.29. The molecule has 0 aliphatic rings. The molecule has 0 spiro atoms. The van der Waals surface area contributed by atoms with Gasteiger partial charge in [0.2, 0.25) is 0 Å². The van der Waals surface area contributed by atoms with E-state index in [2.05, 4.69) is 21.2 Å². The Morgan fingerprint density at radius 1 is 1.32 bits per heavy atom. The Balaban J connectivity index is 2.32. The predicted molar refractivity (Wildman–Crippen MR) is 79.7 cm³/mol. The van der Waals surface area contributed by atoms with Crippen molar-refractivity contribution in [3.05, 3.63) is 56.5 Å². The van der Waals surface area contributed by atoms with Crippen molar-refractivity contribution in [2.45, 2.75) is 6.92 Å². The molecule has 5 nitrogen and oxygen atoms in total. The SMILES string of the molecule is Cc1c(Br)cccc1Nc1ccc([N+](=O)[O-])c(N)c1. The molecule has 0 bridgehead atoms. The van der Waals surface area contributed by atoms with E-state index in [1.165, 1.54) is 6.07 Å². The fourth-order valence-electron chi connectivity index (χ4n) is 1.70. The minimum atomic E-state index is -0.497. The first kappa shape index (κ1) is 13.4. The zero-order valence-corrected chi connectivity index (χ0v) is 11.8. The first-order valence-corrected chi connectivity index (χ1v) is 6.34. The van der Waals surface area contributed by atoms with Gasteiger partial charge in [0.05, 0.1) is 4.92 Å². The summed E-state index contributed by atoms with van der Waals surface area (Å²) in [5, 5.41) is 13.9. The molecule has 0 unspecified atom stereocenters. The summed E-state index contributed by atoms with van der Waals surface area (Å²) in [6, 6.07) is 10.4. The molecular weight excluding hydrogens is 310 g/mol. The number of nitrogens with zero attached hydrogens (tertiary/aromatic N) is 1. The number of hydrogen-bond donors (Lipinski definition) is 2. The molecule has 2 aromatic rings. The Hall–Kier alpha value is -2.08. The van der Waals surface area contributed by atoms with Crippen molar-refractivity contribution in [2.75, 3.05) is 11.1 Å². The summed E-state index contributed by atoms with van der Waals surface area (Å²) in [7, 11) is 0.